The van der Waals surface area contributed by atoms with E-state index in [4.69, 9.17) is 5.73 Å². The Hall–Kier alpha value is -1.76. The van der Waals surface area contributed by atoms with Gasteiger partial charge < -0.3 is 15.5 Å². The fraction of sp³-hybridized carbons (Fsp3) is 0.429. The summed E-state index contributed by atoms with van der Waals surface area (Å²) in [7, 11) is 0. The first kappa shape index (κ1) is 15.6. The lowest BCUT2D eigenvalue weighted by molar-refractivity contribution is -0.136. The van der Waals surface area contributed by atoms with Gasteiger partial charge in [-0.05, 0) is 18.2 Å². The van der Waals surface area contributed by atoms with Crippen molar-refractivity contribution in [3.05, 3.63) is 24.0 Å². The van der Waals surface area contributed by atoms with Gasteiger partial charge in [-0.3, -0.25) is 9.59 Å². The first-order valence-corrected chi connectivity index (χ1v) is 7.67. The Morgan fingerprint density at radius 1 is 1.24 bits per heavy atom. The smallest absolute Gasteiger partial charge is 0.233 e. The van der Waals surface area contributed by atoms with Crippen LogP contribution in [0.25, 0.3) is 0 Å². The van der Waals surface area contributed by atoms with Crippen LogP contribution in [0.1, 0.15) is 6.92 Å². The van der Waals surface area contributed by atoms with E-state index >= 15 is 0 Å². The van der Waals surface area contributed by atoms with Crippen molar-refractivity contribution in [3.8, 4) is 0 Å². The van der Waals surface area contributed by atoms with Crippen LogP contribution >= 0.6 is 11.8 Å². The number of nitrogen functional groups attached to an aromatic ring is 1. The molecular weight excluding hydrogens is 293 g/mol. The Balaban J connectivity index is 1.82. The van der Waals surface area contributed by atoms with Crippen molar-refractivity contribution in [3.63, 3.8) is 0 Å². The van der Waals surface area contributed by atoms with Crippen LogP contribution in [-0.2, 0) is 9.59 Å². The molecule has 0 aliphatic carbocycles. The number of nitrogens with two attached hydrogens (primary N) is 1. The number of nitrogens with zero attached hydrogens (tertiary/aromatic N) is 2. The molecule has 1 aromatic rings. The number of hydrogen-bond acceptors (Lipinski definition) is 4. The van der Waals surface area contributed by atoms with Crippen molar-refractivity contribution in [2.24, 2.45) is 0 Å². The molecule has 7 heteroatoms. The molecule has 5 nitrogen and oxygen atoms in total. The van der Waals surface area contributed by atoms with E-state index in [1.165, 1.54) is 30.8 Å². The van der Waals surface area contributed by atoms with Crippen molar-refractivity contribution in [2.75, 3.05) is 37.7 Å². The Bertz CT molecular complexity index is 545. The maximum atomic E-state index is 13.3. The molecule has 2 rings (SSSR count). The zero-order valence-electron chi connectivity index (χ0n) is 11.8. The number of hydrogen-bond donors (Lipinski definition) is 1. The molecule has 1 saturated heterocycles. The Morgan fingerprint density at radius 2 is 1.86 bits per heavy atom. The predicted molar refractivity (Wildman–Crippen MR) is 80.4 cm³/mol. The SMILES string of the molecule is CC(=O)N1CCN(C(=O)CSc2ccc(N)c(F)c2)CC1. The second kappa shape index (κ2) is 6.80. The molecule has 1 aliphatic heterocycles. The summed E-state index contributed by atoms with van der Waals surface area (Å²) in [4.78, 5) is 27.4. The number of carbonyl (C=O) groups is 2. The van der Waals surface area contributed by atoms with Crippen LogP contribution in [0.15, 0.2) is 23.1 Å². The van der Waals surface area contributed by atoms with Crippen LogP contribution in [-0.4, -0.2) is 53.5 Å². The topological polar surface area (TPSA) is 66.6 Å². The third-order valence-electron chi connectivity index (χ3n) is 3.41. The van der Waals surface area contributed by atoms with Crippen molar-refractivity contribution in [2.45, 2.75) is 11.8 Å². The average Bonchev–Trinajstić information content (AvgIpc) is 2.48. The van der Waals surface area contributed by atoms with Gasteiger partial charge in [0.25, 0.3) is 0 Å². The second-order valence-corrected chi connectivity index (χ2v) is 5.91. The highest BCUT2D eigenvalue weighted by Crippen LogP contribution is 2.22. The van der Waals surface area contributed by atoms with Gasteiger partial charge in [-0.1, -0.05) is 0 Å². The van der Waals surface area contributed by atoms with Gasteiger partial charge in [0.2, 0.25) is 11.8 Å². The Morgan fingerprint density at radius 3 is 2.43 bits per heavy atom. The number of thioether (sulfide) groups is 1. The first-order chi connectivity index (χ1) is 9.97. The van der Waals surface area contributed by atoms with Crippen LogP contribution in [0.2, 0.25) is 0 Å². The molecule has 1 fully saturated rings. The summed E-state index contributed by atoms with van der Waals surface area (Å²) in [6.45, 7) is 3.78. The molecule has 0 aromatic heterocycles. The van der Waals surface area contributed by atoms with Gasteiger partial charge in [-0.2, -0.15) is 0 Å². The Labute approximate surface area is 127 Å². The standard InChI is InChI=1S/C14H18FN3O2S/c1-10(19)17-4-6-18(7-5-17)14(20)9-21-11-2-3-13(16)12(15)8-11/h2-3,8H,4-7,9,16H2,1H3. The number of halogens is 1. The lowest BCUT2D eigenvalue weighted by atomic mass is 10.3. The zero-order chi connectivity index (χ0) is 15.4. The van der Waals surface area contributed by atoms with Crippen molar-refractivity contribution < 1.29 is 14.0 Å². The lowest BCUT2D eigenvalue weighted by Crippen LogP contribution is -2.50. The van der Waals surface area contributed by atoms with E-state index in [1.54, 1.807) is 15.9 Å². The molecular formula is C14H18FN3O2S. The van der Waals surface area contributed by atoms with E-state index in [-0.39, 0.29) is 23.3 Å². The van der Waals surface area contributed by atoms with E-state index in [9.17, 15) is 14.0 Å². The van der Waals surface area contributed by atoms with Gasteiger partial charge >= 0.3 is 0 Å². The van der Waals surface area contributed by atoms with E-state index < -0.39 is 5.82 Å². The summed E-state index contributed by atoms with van der Waals surface area (Å²) in [6.07, 6.45) is 0. The van der Waals surface area contributed by atoms with Crippen LogP contribution in [0.4, 0.5) is 10.1 Å². The molecule has 0 saturated carbocycles. The van der Waals surface area contributed by atoms with Crippen LogP contribution in [0.3, 0.4) is 0 Å². The third-order valence-corrected chi connectivity index (χ3v) is 4.39. The normalized spacial score (nSPS) is 15.1. The summed E-state index contributed by atoms with van der Waals surface area (Å²) in [5.41, 5.74) is 5.51. The highest BCUT2D eigenvalue weighted by molar-refractivity contribution is 8.00. The number of piperazine rings is 1. The van der Waals surface area contributed by atoms with Gasteiger partial charge in [-0.15, -0.1) is 11.8 Å². The van der Waals surface area contributed by atoms with Crippen LogP contribution < -0.4 is 5.73 Å². The van der Waals surface area contributed by atoms with Crippen molar-refractivity contribution in [1.29, 1.82) is 0 Å². The molecule has 0 bridgehead atoms. The highest BCUT2D eigenvalue weighted by Gasteiger charge is 2.22. The molecule has 1 heterocycles. The maximum absolute atomic E-state index is 13.3. The van der Waals surface area contributed by atoms with Crippen LogP contribution in [0.5, 0.6) is 0 Å². The molecule has 2 N–H and O–H groups in total. The summed E-state index contributed by atoms with van der Waals surface area (Å²) in [5, 5.41) is 0. The molecule has 0 radical (unpaired) electrons. The molecule has 114 valence electrons. The third kappa shape index (κ3) is 4.10. The molecule has 1 aliphatic rings. The summed E-state index contributed by atoms with van der Waals surface area (Å²) in [6, 6.07) is 4.53. The highest BCUT2D eigenvalue weighted by atomic mass is 32.2. The maximum Gasteiger partial charge on any atom is 0.233 e. The summed E-state index contributed by atoms with van der Waals surface area (Å²) in [5.74, 6) is -0.180. The monoisotopic (exact) mass is 311 g/mol. The van der Waals surface area contributed by atoms with E-state index in [0.29, 0.717) is 31.1 Å². The number of amides is 2. The quantitative estimate of drug-likeness (QED) is 0.673. The lowest BCUT2D eigenvalue weighted by Gasteiger charge is -2.34. The minimum atomic E-state index is -0.470. The van der Waals surface area contributed by atoms with Crippen molar-refractivity contribution >= 4 is 29.3 Å². The number of carbonyl (C=O) groups excluding carboxylic acids is 2. The number of rotatable bonds is 3. The summed E-state index contributed by atoms with van der Waals surface area (Å²) < 4.78 is 13.3. The van der Waals surface area contributed by atoms with Gasteiger partial charge in [0, 0.05) is 38.0 Å². The van der Waals surface area contributed by atoms with E-state index in [1.807, 2.05) is 0 Å². The van der Waals surface area contributed by atoms with Gasteiger partial charge in [-0.25, -0.2) is 4.39 Å². The fourth-order valence-electron chi connectivity index (χ4n) is 2.10. The molecule has 0 unspecified atom stereocenters. The second-order valence-electron chi connectivity index (χ2n) is 4.86. The van der Waals surface area contributed by atoms with Gasteiger partial charge in [0.15, 0.2) is 0 Å². The molecule has 1 aromatic carbocycles. The average molecular weight is 311 g/mol. The predicted octanol–water partition coefficient (Wildman–Crippen LogP) is 1.19. The van der Waals surface area contributed by atoms with Crippen LogP contribution in [0, 0.1) is 5.82 Å². The fourth-order valence-corrected chi connectivity index (χ4v) is 2.93. The molecule has 2 amide bonds. The van der Waals surface area contributed by atoms with E-state index in [2.05, 4.69) is 0 Å². The minimum absolute atomic E-state index is 0.000403. The molecule has 0 atom stereocenters. The molecule has 0 spiro atoms. The minimum Gasteiger partial charge on any atom is -0.396 e. The van der Waals surface area contributed by atoms with Crippen molar-refractivity contribution in [1.82, 2.24) is 9.80 Å². The zero-order valence-corrected chi connectivity index (χ0v) is 12.7. The van der Waals surface area contributed by atoms with E-state index in [0.717, 1.165) is 0 Å². The van der Waals surface area contributed by atoms with Gasteiger partial charge in [0.1, 0.15) is 5.82 Å². The molecule has 21 heavy (non-hydrogen) atoms. The number of anilines is 1. The van der Waals surface area contributed by atoms with Gasteiger partial charge in [0.05, 0.1) is 11.4 Å². The Kier molecular flexibility index (Phi) is 5.06. The first-order valence-electron chi connectivity index (χ1n) is 6.68. The largest absolute Gasteiger partial charge is 0.396 e. The summed E-state index contributed by atoms with van der Waals surface area (Å²) >= 11 is 1.28. The number of benzene rings is 1.